The lowest BCUT2D eigenvalue weighted by Gasteiger charge is -2.26. The summed E-state index contributed by atoms with van der Waals surface area (Å²) < 4.78 is 0. The number of carbonyl (C=O) groups is 1. The van der Waals surface area contributed by atoms with Gasteiger partial charge >= 0.3 is 0 Å². The molecule has 0 spiro atoms. The Kier molecular flexibility index (Phi) is 5.77. The van der Waals surface area contributed by atoms with Crippen LogP contribution in [0.25, 0.3) is 0 Å². The second-order valence-electron chi connectivity index (χ2n) is 4.96. The number of hydrogen-bond donors (Lipinski definition) is 2. The number of rotatable bonds is 7. The third kappa shape index (κ3) is 4.49. The van der Waals surface area contributed by atoms with Gasteiger partial charge in [-0.15, -0.1) is 0 Å². The third-order valence-corrected chi connectivity index (χ3v) is 3.41. The van der Waals surface area contributed by atoms with Crippen molar-refractivity contribution in [1.82, 2.24) is 10.2 Å². The topological polar surface area (TPSA) is 58.4 Å². The molecule has 1 aliphatic rings. The lowest BCUT2D eigenvalue weighted by Crippen LogP contribution is -2.41. The summed E-state index contributed by atoms with van der Waals surface area (Å²) in [4.78, 5) is 13.1. The van der Waals surface area contributed by atoms with Gasteiger partial charge in [-0.2, -0.15) is 0 Å². The molecule has 0 aromatic rings. The quantitative estimate of drug-likeness (QED) is 0.668. The van der Waals surface area contributed by atoms with E-state index >= 15 is 0 Å². The van der Waals surface area contributed by atoms with Crippen LogP contribution in [-0.4, -0.2) is 44.0 Å². The van der Waals surface area contributed by atoms with Gasteiger partial charge in [0.2, 0.25) is 5.91 Å². The van der Waals surface area contributed by atoms with Crippen LogP contribution in [0.15, 0.2) is 0 Å². The van der Waals surface area contributed by atoms with E-state index in [1.54, 1.807) is 19.0 Å². The summed E-state index contributed by atoms with van der Waals surface area (Å²) in [5.74, 6) is 1.06. The minimum atomic E-state index is 0.134. The van der Waals surface area contributed by atoms with E-state index in [1.807, 2.05) is 0 Å². The first-order valence-electron chi connectivity index (χ1n) is 6.27. The number of nitrogens with zero attached hydrogens (tertiary/aromatic N) is 1. The average molecular weight is 227 g/mol. The zero-order valence-electron chi connectivity index (χ0n) is 10.5. The molecule has 0 aromatic heterocycles. The predicted octanol–water partition coefficient (Wildman–Crippen LogP) is 0.572. The van der Waals surface area contributed by atoms with Crippen molar-refractivity contribution < 1.29 is 4.79 Å². The van der Waals surface area contributed by atoms with Gasteiger partial charge in [-0.3, -0.25) is 4.79 Å². The zero-order valence-corrected chi connectivity index (χ0v) is 10.5. The first-order chi connectivity index (χ1) is 7.63. The zero-order chi connectivity index (χ0) is 12.0. The highest BCUT2D eigenvalue weighted by Crippen LogP contribution is 2.28. The molecule has 1 unspecified atom stereocenters. The Labute approximate surface area is 98.6 Å². The summed E-state index contributed by atoms with van der Waals surface area (Å²) >= 11 is 0. The van der Waals surface area contributed by atoms with Gasteiger partial charge in [-0.25, -0.2) is 0 Å². The maximum absolute atomic E-state index is 11.5. The molecule has 1 amide bonds. The summed E-state index contributed by atoms with van der Waals surface area (Å²) in [6, 6.07) is 0.134. The van der Waals surface area contributed by atoms with Gasteiger partial charge in [-0.1, -0.05) is 19.3 Å². The fourth-order valence-corrected chi connectivity index (χ4v) is 1.91. The Morgan fingerprint density at radius 1 is 1.50 bits per heavy atom. The van der Waals surface area contributed by atoms with E-state index in [9.17, 15) is 4.79 Å². The van der Waals surface area contributed by atoms with Gasteiger partial charge in [0, 0.05) is 33.1 Å². The molecule has 1 aliphatic carbocycles. The molecule has 0 bridgehead atoms. The first kappa shape index (κ1) is 13.5. The van der Waals surface area contributed by atoms with E-state index in [2.05, 4.69) is 5.32 Å². The monoisotopic (exact) mass is 227 g/mol. The molecule has 1 atom stereocenters. The number of hydrogen-bond acceptors (Lipinski definition) is 3. The molecule has 4 nitrogen and oxygen atoms in total. The number of amides is 1. The maximum atomic E-state index is 11.5. The van der Waals surface area contributed by atoms with Crippen molar-refractivity contribution in [1.29, 1.82) is 0 Å². The van der Waals surface area contributed by atoms with E-state index in [0.29, 0.717) is 13.0 Å². The van der Waals surface area contributed by atoms with E-state index < -0.39 is 0 Å². The lowest BCUT2D eigenvalue weighted by molar-refractivity contribution is -0.129. The second kappa shape index (κ2) is 6.86. The average Bonchev–Trinajstić information content (AvgIpc) is 2.19. The summed E-state index contributed by atoms with van der Waals surface area (Å²) in [6.45, 7) is 1.53. The minimum absolute atomic E-state index is 0.134. The molecule has 0 aromatic carbocycles. The molecule has 3 N–H and O–H groups in total. The van der Waals surface area contributed by atoms with Crippen LogP contribution in [0.1, 0.15) is 32.1 Å². The lowest BCUT2D eigenvalue weighted by atomic mass is 9.83. The Morgan fingerprint density at radius 2 is 2.19 bits per heavy atom. The normalized spacial score (nSPS) is 17.9. The number of carbonyl (C=O) groups excluding carboxylic acids is 1. The Morgan fingerprint density at radius 3 is 2.62 bits per heavy atom. The van der Waals surface area contributed by atoms with E-state index in [1.165, 1.54) is 25.7 Å². The Hall–Kier alpha value is -0.610. The van der Waals surface area contributed by atoms with Crippen LogP contribution in [0, 0.1) is 5.92 Å². The van der Waals surface area contributed by atoms with Gasteiger partial charge in [0.15, 0.2) is 0 Å². The summed E-state index contributed by atoms with van der Waals surface area (Å²) in [5.41, 5.74) is 5.65. The Bertz CT molecular complexity index is 214. The summed E-state index contributed by atoms with van der Waals surface area (Å²) in [5, 5.41) is 3.38. The molecular weight excluding hydrogens is 202 g/mol. The van der Waals surface area contributed by atoms with Crippen molar-refractivity contribution in [3.05, 3.63) is 0 Å². The van der Waals surface area contributed by atoms with Crippen LogP contribution in [0.5, 0.6) is 0 Å². The largest absolute Gasteiger partial charge is 0.349 e. The minimum Gasteiger partial charge on any atom is -0.349 e. The smallest absolute Gasteiger partial charge is 0.223 e. The molecule has 0 saturated heterocycles. The van der Waals surface area contributed by atoms with Crippen molar-refractivity contribution >= 4 is 5.91 Å². The molecule has 1 fully saturated rings. The van der Waals surface area contributed by atoms with E-state index in [4.69, 9.17) is 5.73 Å². The van der Waals surface area contributed by atoms with Gasteiger partial charge in [0.1, 0.15) is 0 Å². The SMILES string of the molecule is CN(C)C(=O)CC(CN)NCCC1CCC1. The highest BCUT2D eigenvalue weighted by molar-refractivity contribution is 5.76. The third-order valence-electron chi connectivity index (χ3n) is 3.41. The van der Waals surface area contributed by atoms with Gasteiger partial charge in [0.25, 0.3) is 0 Å². The Balaban J connectivity index is 2.12. The molecule has 0 radical (unpaired) electrons. The van der Waals surface area contributed by atoms with Gasteiger partial charge < -0.3 is 16.0 Å². The highest BCUT2D eigenvalue weighted by Gasteiger charge is 2.18. The van der Waals surface area contributed by atoms with Crippen LogP contribution in [0.4, 0.5) is 0 Å². The fraction of sp³-hybridized carbons (Fsp3) is 0.917. The van der Waals surface area contributed by atoms with Gasteiger partial charge in [0.05, 0.1) is 0 Å². The number of nitrogens with one attached hydrogen (secondary N) is 1. The molecule has 0 aliphatic heterocycles. The molecule has 1 rings (SSSR count). The molecule has 16 heavy (non-hydrogen) atoms. The fourth-order valence-electron chi connectivity index (χ4n) is 1.91. The molecular formula is C12H25N3O. The van der Waals surface area contributed by atoms with Gasteiger partial charge in [-0.05, 0) is 18.9 Å². The van der Waals surface area contributed by atoms with Crippen molar-refractivity contribution in [3.8, 4) is 0 Å². The molecule has 0 heterocycles. The summed E-state index contributed by atoms with van der Waals surface area (Å²) in [6.07, 6.45) is 5.89. The van der Waals surface area contributed by atoms with Crippen molar-refractivity contribution in [2.45, 2.75) is 38.1 Å². The van der Waals surface area contributed by atoms with Crippen LogP contribution in [0.2, 0.25) is 0 Å². The van der Waals surface area contributed by atoms with E-state index in [-0.39, 0.29) is 11.9 Å². The van der Waals surface area contributed by atoms with Crippen LogP contribution >= 0.6 is 0 Å². The van der Waals surface area contributed by atoms with Crippen molar-refractivity contribution in [2.24, 2.45) is 11.7 Å². The van der Waals surface area contributed by atoms with Crippen LogP contribution < -0.4 is 11.1 Å². The van der Waals surface area contributed by atoms with Crippen molar-refractivity contribution in [3.63, 3.8) is 0 Å². The van der Waals surface area contributed by atoms with Crippen LogP contribution in [0.3, 0.4) is 0 Å². The van der Waals surface area contributed by atoms with Crippen LogP contribution in [-0.2, 0) is 4.79 Å². The standard InChI is InChI=1S/C12H25N3O/c1-15(2)12(16)8-11(9-13)14-7-6-10-4-3-5-10/h10-11,14H,3-9,13H2,1-2H3. The number of nitrogens with two attached hydrogens (primary N) is 1. The predicted molar refractivity (Wildman–Crippen MR) is 66.1 cm³/mol. The first-order valence-corrected chi connectivity index (χ1v) is 6.27. The van der Waals surface area contributed by atoms with Crippen molar-refractivity contribution in [2.75, 3.05) is 27.2 Å². The second-order valence-corrected chi connectivity index (χ2v) is 4.96. The highest BCUT2D eigenvalue weighted by atomic mass is 16.2. The maximum Gasteiger partial charge on any atom is 0.223 e. The molecule has 94 valence electrons. The van der Waals surface area contributed by atoms with E-state index in [0.717, 1.165) is 12.5 Å². The molecule has 1 saturated carbocycles. The molecule has 4 heteroatoms. The summed E-state index contributed by atoms with van der Waals surface area (Å²) in [7, 11) is 3.56.